The number of fused-ring (bicyclic) bond motifs is 2. The summed E-state index contributed by atoms with van der Waals surface area (Å²) in [5, 5.41) is 16.6. The largest absolute Gasteiger partial charge is 0.508 e. The van der Waals surface area contributed by atoms with E-state index in [0.29, 0.717) is 25.1 Å². The number of aromatic amines is 1. The molecule has 0 saturated carbocycles. The minimum atomic E-state index is -0.960. The number of carbonyl (C=O) groups is 4. The van der Waals surface area contributed by atoms with Gasteiger partial charge in [0.15, 0.2) is 0 Å². The second kappa shape index (κ2) is 11.1. The predicted molar refractivity (Wildman–Crippen MR) is 152 cm³/mol. The summed E-state index contributed by atoms with van der Waals surface area (Å²) in [4.78, 5) is 58.9. The highest BCUT2D eigenvalue weighted by Crippen LogP contribution is 2.31. The number of piperidine rings is 1. The number of amides is 5. The molecule has 2 fully saturated rings. The lowest BCUT2D eigenvalue weighted by atomic mass is 9.91. The summed E-state index contributed by atoms with van der Waals surface area (Å²) in [5.74, 6) is -0.888. The van der Waals surface area contributed by atoms with Crippen molar-refractivity contribution in [3.8, 4) is 5.75 Å². The minimum Gasteiger partial charge on any atom is -0.508 e. The molecule has 4 N–H and O–H groups in total. The Kier molecular flexibility index (Phi) is 7.61. The lowest BCUT2D eigenvalue weighted by Gasteiger charge is -2.46. The molecule has 2 aliphatic heterocycles. The van der Waals surface area contributed by atoms with Gasteiger partial charge in [0.1, 0.15) is 17.4 Å². The molecule has 0 aliphatic carbocycles. The maximum absolute atomic E-state index is 13.7. The number of aromatic nitrogens is 1. The van der Waals surface area contributed by atoms with Crippen molar-refractivity contribution in [2.75, 3.05) is 11.4 Å². The predicted octanol–water partition coefficient (Wildman–Crippen LogP) is 3.82. The van der Waals surface area contributed by atoms with E-state index in [2.05, 4.69) is 15.6 Å². The number of hydrogen-bond acceptors (Lipinski definition) is 6. The van der Waals surface area contributed by atoms with Crippen LogP contribution in [0.5, 0.6) is 5.75 Å². The normalized spacial score (nSPS) is 20.0. The molecule has 3 aromatic rings. The Hall–Kier alpha value is -4.54. The summed E-state index contributed by atoms with van der Waals surface area (Å²) in [7, 11) is 0. The molecule has 216 valence electrons. The third kappa shape index (κ3) is 6.13. The molecule has 1 aromatic heterocycles. The van der Waals surface area contributed by atoms with Crippen molar-refractivity contribution < 1.29 is 29.0 Å². The van der Waals surface area contributed by atoms with Crippen LogP contribution in [0.2, 0.25) is 0 Å². The van der Waals surface area contributed by atoms with Gasteiger partial charge in [-0.15, -0.1) is 0 Å². The highest BCUT2D eigenvalue weighted by Gasteiger charge is 2.45. The number of benzene rings is 2. The van der Waals surface area contributed by atoms with Gasteiger partial charge in [-0.3, -0.25) is 9.59 Å². The van der Waals surface area contributed by atoms with Gasteiger partial charge in [-0.2, -0.15) is 0 Å². The van der Waals surface area contributed by atoms with Gasteiger partial charge in [0.05, 0.1) is 18.2 Å². The van der Waals surface area contributed by atoms with Crippen molar-refractivity contribution in [1.82, 2.24) is 20.5 Å². The molecule has 2 aliphatic rings. The molecule has 2 unspecified atom stereocenters. The summed E-state index contributed by atoms with van der Waals surface area (Å²) in [6, 6.07) is 11.2. The number of phenols is 1. The standard InChI is InChI=1S/C30H35N5O6/c1-30(2,3)41-28(39)33-24(14-18-17-31-22-11-5-4-10-21(18)22)27(38)32-23-12-7-13-34-25(23)16-26(37)35(29(34)40)19-8-6-9-20(36)15-19/h4-6,8-11,15,17,23-25,31,36H,7,12-14,16H2,1-3H3,(H,32,38)(H,33,39)/t23?,24-,25?/m0/s1. The van der Waals surface area contributed by atoms with Crippen LogP contribution in [0.25, 0.3) is 10.9 Å². The zero-order valence-corrected chi connectivity index (χ0v) is 23.3. The van der Waals surface area contributed by atoms with Gasteiger partial charge in [0, 0.05) is 42.2 Å². The van der Waals surface area contributed by atoms with E-state index in [9.17, 15) is 24.3 Å². The molecule has 2 saturated heterocycles. The first kappa shape index (κ1) is 28.0. The fourth-order valence-corrected chi connectivity index (χ4v) is 5.57. The van der Waals surface area contributed by atoms with Gasteiger partial charge in [-0.25, -0.2) is 14.5 Å². The number of nitrogens with one attached hydrogen (secondary N) is 3. The zero-order chi connectivity index (χ0) is 29.3. The maximum atomic E-state index is 13.7. The minimum absolute atomic E-state index is 0.0128. The van der Waals surface area contributed by atoms with E-state index in [-0.39, 0.29) is 18.6 Å². The molecule has 5 rings (SSSR count). The number of aromatic hydroxyl groups is 1. The van der Waals surface area contributed by atoms with Crippen LogP contribution in [0.1, 0.15) is 45.6 Å². The van der Waals surface area contributed by atoms with E-state index in [0.717, 1.165) is 21.4 Å². The van der Waals surface area contributed by atoms with Crippen LogP contribution in [0.15, 0.2) is 54.7 Å². The lowest BCUT2D eigenvalue weighted by molar-refractivity contribution is -0.126. The molecule has 5 amide bonds. The Morgan fingerprint density at radius 1 is 1.15 bits per heavy atom. The van der Waals surface area contributed by atoms with Gasteiger partial charge in [0.2, 0.25) is 11.8 Å². The average Bonchev–Trinajstić information content (AvgIpc) is 3.30. The molecule has 3 heterocycles. The fraction of sp³-hybridized carbons (Fsp3) is 0.400. The van der Waals surface area contributed by atoms with Gasteiger partial charge in [0.25, 0.3) is 0 Å². The van der Waals surface area contributed by atoms with Crippen molar-refractivity contribution in [3.63, 3.8) is 0 Å². The zero-order valence-electron chi connectivity index (χ0n) is 23.3. The summed E-state index contributed by atoms with van der Waals surface area (Å²) in [6.07, 6.45) is 2.53. The van der Waals surface area contributed by atoms with E-state index >= 15 is 0 Å². The van der Waals surface area contributed by atoms with Crippen molar-refractivity contribution in [2.24, 2.45) is 0 Å². The Bertz CT molecular complexity index is 1480. The quantitative estimate of drug-likeness (QED) is 0.360. The number of carbonyl (C=O) groups excluding carboxylic acids is 4. The third-order valence-electron chi connectivity index (χ3n) is 7.37. The number of ether oxygens (including phenoxy) is 1. The Labute approximate surface area is 237 Å². The van der Waals surface area contributed by atoms with E-state index in [4.69, 9.17) is 4.74 Å². The van der Waals surface area contributed by atoms with E-state index in [1.807, 2.05) is 30.5 Å². The van der Waals surface area contributed by atoms with Gasteiger partial charge in [-0.1, -0.05) is 24.3 Å². The van der Waals surface area contributed by atoms with Gasteiger partial charge in [-0.05, 0) is 57.4 Å². The fourth-order valence-electron chi connectivity index (χ4n) is 5.57. The van der Waals surface area contributed by atoms with Crippen molar-refractivity contribution in [1.29, 1.82) is 0 Å². The van der Waals surface area contributed by atoms with Crippen molar-refractivity contribution in [2.45, 2.75) is 70.2 Å². The first-order valence-corrected chi connectivity index (χ1v) is 13.8. The van der Waals surface area contributed by atoms with Crippen LogP contribution in [-0.2, 0) is 20.7 Å². The van der Waals surface area contributed by atoms with Crippen LogP contribution >= 0.6 is 0 Å². The first-order valence-electron chi connectivity index (χ1n) is 13.8. The summed E-state index contributed by atoms with van der Waals surface area (Å²) >= 11 is 0. The van der Waals surface area contributed by atoms with Crippen LogP contribution in [0, 0.1) is 0 Å². The van der Waals surface area contributed by atoms with Gasteiger partial charge >= 0.3 is 12.1 Å². The van der Waals surface area contributed by atoms with Crippen molar-refractivity contribution >= 4 is 40.5 Å². The molecular formula is C30H35N5O6. The van der Waals surface area contributed by atoms with Crippen LogP contribution in [0.3, 0.4) is 0 Å². The number of nitrogens with zero attached hydrogens (tertiary/aromatic N) is 2. The highest BCUT2D eigenvalue weighted by molar-refractivity contribution is 6.16. The average molecular weight is 562 g/mol. The molecule has 11 nitrogen and oxygen atoms in total. The molecule has 3 atom stereocenters. The second-order valence-corrected chi connectivity index (χ2v) is 11.5. The first-order chi connectivity index (χ1) is 19.5. The molecule has 0 bridgehead atoms. The second-order valence-electron chi connectivity index (χ2n) is 11.5. The molecule has 0 spiro atoms. The molecular weight excluding hydrogens is 526 g/mol. The number of imide groups is 1. The Morgan fingerprint density at radius 2 is 1.93 bits per heavy atom. The summed E-state index contributed by atoms with van der Waals surface area (Å²) in [5.41, 5.74) is 1.31. The molecule has 0 radical (unpaired) electrons. The Balaban J connectivity index is 1.35. The van der Waals surface area contributed by atoms with Crippen LogP contribution in [-0.4, -0.2) is 69.2 Å². The van der Waals surface area contributed by atoms with E-state index in [1.54, 1.807) is 37.8 Å². The van der Waals surface area contributed by atoms with Crippen molar-refractivity contribution in [3.05, 3.63) is 60.3 Å². The number of hydrogen-bond donors (Lipinski definition) is 4. The number of urea groups is 1. The number of H-pyrrole nitrogens is 1. The maximum Gasteiger partial charge on any atom is 0.408 e. The third-order valence-corrected chi connectivity index (χ3v) is 7.37. The van der Waals surface area contributed by atoms with Gasteiger partial charge < -0.3 is 30.4 Å². The number of anilines is 1. The Morgan fingerprint density at radius 3 is 2.68 bits per heavy atom. The van der Waals surface area contributed by atoms with Crippen LogP contribution in [0.4, 0.5) is 15.3 Å². The molecule has 2 aromatic carbocycles. The summed E-state index contributed by atoms with van der Waals surface area (Å²) < 4.78 is 5.43. The topological polar surface area (TPSA) is 144 Å². The molecule has 41 heavy (non-hydrogen) atoms. The van der Waals surface area contributed by atoms with Crippen LogP contribution < -0.4 is 15.5 Å². The number of rotatable bonds is 6. The molecule has 11 heteroatoms. The SMILES string of the molecule is CC(C)(C)OC(=O)N[C@@H](Cc1c[nH]c2ccccc12)C(=O)NC1CCCN2C(=O)N(c3cccc(O)c3)C(=O)CC12. The monoisotopic (exact) mass is 561 g/mol. The number of alkyl carbamates (subject to hydrolysis) is 1. The highest BCUT2D eigenvalue weighted by atomic mass is 16.6. The lowest BCUT2D eigenvalue weighted by Crippen LogP contribution is -2.66. The number of para-hydroxylation sites is 1. The summed E-state index contributed by atoms with van der Waals surface area (Å²) in [6.45, 7) is 5.67. The van der Waals surface area contributed by atoms with E-state index < -0.39 is 47.7 Å². The van der Waals surface area contributed by atoms with E-state index in [1.165, 1.54) is 12.1 Å². The number of phenolic OH excluding ortho intramolecular Hbond substituents is 1. The smallest absolute Gasteiger partial charge is 0.408 e.